The monoisotopic (exact) mass is 240 g/mol. The second-order valence-corrected chi connectivity index (χ2v) is 3.38. The minimum absolute atomic E-state index is 0.501. The van der Waals surface area contributed by atoms with E-state index in [1.165, 1.54) is 21.3 Å². The normalized spacial score (nSPS) is 13.2. The number of benzene rings is 1. The van der Waals surface area contributed by atoms with E-state index in [-0.39, 0.29) is 0 Å². The van der Waals surface area contributed by atoms with Crippen molar-refractivity contribution >= 4 is 5.97 Å². The molecule has 0 amide bonds. The Hall–Kier alpha value is -1.43. The molecule has 0 spiro atoms. The molecule has 5 heteroatoms. The molecule has 0 aliphatic heterocycles. The van der Waals surface area contributed by atoms with Crippen LogP contribution in [0.1, 0.15) is 11.7 Å². The molecule has 0 saturated heterocycles. The molecule has 0 aromatic heterocycles. The number of rotatable bonds is 5. The molecule has 0 bridgehead atoms. The van der Waals surface area contributed by atoms with Crippen LogP contribution in [-0.4, -0.2) is 38.2 Å². The standard InChI is InChI=1S/C12H16O5/c1-15-11(14)12(16-2,17-3)10(13)9-7-5-4-6-8-9/h4-8,10,13H,1-3H3/t10-/m1/s1. The maximum Gasteiger partial charge on any atom is 0.369 e. The predicted molar refractivity (Wildman–Crippen MR) is 60.2 cm³/mol. The number of methoxy groups -OCH3 is 3. The summed E-state index contributed by atoms with van der Waals surface area (Å²) in [6.45, 7) is 0. The van der Waals surface area contributed by atoms with Crippen LogP contribution in [0.3, 0.4) is 0 Å². The highest BCUT2D eigenvalue weighted by Crippen LogP contribution is 2.30. The van der Waals surface area contributed by atoms with Crippen LogP contribution in [-0.2, 0) is 19.0 Å². The molecule has 0 unspecified atom stereocenters. The minimum atomic E-state index is -1.85. The Bertz CT molecular complexity index is 358. The van der Waals surface area contributed by atoms with Gasteiger partial charge in [0.15, 0.2) is 0 Å². The molecule has 0 fully saturated rings. The van der Waals surface area contributed by atoms with E-state index in [0.717, 1.165) is 0 Å². The molecule has 1 rings (SSSR count). The van der Waals surface area contributed by atoms with Crippen LogP contribution in [0.15, 0.2) is 30.3 Å². The number of carbonyl (C=O) groups excluding carboxylic acids is 1. The van der Waals surface area contributed by atoms with Crippen LogP contribution in [0, 0.1) is 0 Å². The first-order chi connectivity index (χ1) is 8.12. The van der Waals surface area contributed by atoms with Gasteiger partial charge in [-0.2, -0.15) is 0 Å². The fraction of sp³-hybridized carbons (Fsp3) is 0.417. The van der Waals surface area contributed by atoms with Gasteiger partial charge in [-0.1, -0.05) is 30.3 Å². The molecule has 17 heavy (non-hydrogen) atoms. The topological polar surface area (TPSA) is 65.0 Å². The van der Waals surface area contributed by atoms with E-state index < -0.39 is 17.9 Å². The fourth-order valence-corrected chi connectivity index (χ4v) is 1.58. The average Bonchev–Trinajstić information content (AvgIpc) is 2.41. The van der Waals surface area contributed by atoms with Crippen molar-refractivity contribution < 1.29 is 24.1 Å². The van der Waals surface area contributed by atoms with Crippen molar-refractivity contribution in [1.82, 2.24) is 0 Å². The second-order valence-electron chi connectivity index (χ2n) is 3.38. The van der Waals surface area contributed by atoms with Gasteiger partial charge in [-0.15, -0.1) is 0 Å². The van der Waals surface area contributed by atoms with Gasteiger partial charge in [-0.25, -0.2) is 4.79 Å². The van der Waals surface area contributed by atoms with Crippen LogP contribution in [0.2, 0.25) is 0 Å². The highest BCUT2D eigenvalue weighted by molar-refractivity contribution is 5.79. The lowest BCUT2D eigenvalue weighted by Gasteiger charge is -2.32. The average molecular weight is 240 g/mol. The molecular formula is C12H16O5. The van der Waals surface area contributed by atoms with Gasteiger partial charge < -0.3 is 19.3 Å². The lowest BCUT2D eigenvalue weighted by molar-refractivity contribution is -0.263. The number of ether oxygens (including phenoxy) is 3. The zero-order valence-corrected chi connectivity index (χ0v) is 10.0. The first kappa shape index (κ1) is 13.6. The van der Waals surface area contributed by atoms with E-state index in [0.29, 0.717) is 5.56 Å². The summed E-state index contributed by atoms with van der Waals surface area (Å²) >= 11 is 0. The van der Waals surface area contributed by atoms with E-state index in [1.54, 1.807) is 30.3 Å². The Morgan fingerprint density at radius 3 is 2.12 bits per heavy atom. The lowest BCUT2D eigenvalue weighted by atomic mass is 10.0. The molecule has 5 nitrogen and oxygen atoms in total. The van der Waals surface area contributed by atoms with Crippen LogP contribution in [0.5, 0.6) is 0 Å². The van der Waals surface area contributed by atoms with E-state index in [9.17, 15) is 9.90 Å². The van der Waals surface area contributed by atoms with Crippen molar-refractivity contribution in [1.29, 1.82) is 0 Å². The molecule has 1 atom stereocenters. The van der Waals surface area contributed by atoms with Crippen molar-refractivity contribution in [3.05, 3.63) is 35.9 Å². The van der Waals surface area contributed by atoms with Crippen molar-refractivity contribution in [2.75, 3.05) is 21.3 Å². The molecule has 1 aromatic carbocycles. The highest BCUT2D eigenvalue weighted by Gasteiger charge is 2.48. The Balaban J connectivity index is 3.11. The van der Waals surface area contributed by atoms with Gasteiger partial charge in [-0.3, -0.25) is 0 Å². The number of hydrogen-bond acceptors (Lipinski definition) is 5. The Morgan fingerprint density at radius 1 is 1.18 bits per heavy atom. The van der Waals surface area contributed by atoms with Crippen LogP contribution in [0.4, 0.5) is 0 Å². The first-order valence-corrected chi connectivity index (χ1v) is 5.04. The maximum atomic E-state index is 11.7. The predicted octanol–water partition coefficient (Wildman–Crippen LogP) is 0.882. The van der Waals surface area contributed by atoms with Crippen molar-refractivity contribution in [2.45, 2.75) is 11.9 Å². The largest absolute Gasteiger partial charge is 0.465 e. The summed E-state index contributed by atoms with van der Waals surface area (Å²) in [6, 6.07) is 8.62. The molecule has 94 valence electrons. The van der Waals surface area contributed by atoms with Gasteiger partial charge in [0.25, 0.3) is 5.79 Å². The van der Waals surface area contributed by atoms with Gasteiger partial charge in [0.05, 0.1) is 7.11 Å². The zero-order chi connectivity index (χ0) is 12.9. The molecule has 0 saturated carbocycles. The summed E-state index contributed by atoms with van der Waals surface area (Å²) in [5.41, 5.74) is 0.501. The van der Waals surface area contributed by atoms with E-state index in [1.807, 2.05) is 0 Å². The van der Waals surface area contributed by atoms with Gasteiger partial charge in [-0.05, 0) is 5.56 Å². The van der Waals surface area contributed by atoms with Crippen LogP contribution < -0.4 is 0 Å². The molecule has 0 heterocycles. The van der Waals surface area contributed by atoms with E-state index in [2.05, 4.69) is 4.74 Å². The maximum absolute atomic E-state index is 11.7. The van der Waals surface area contributed by atoms with E-state index >= 15 is 0 Å². The summed E-state index contributed by atoms with van der Waals surface area (Å²) in [6.07, 6.45) is -1.27. The molecule has 1 aromatic rings. The summed E-state index contributed by atoms with van der Waals surface area (Å²) < 4.78 is 14.6. The third-order valence-electron chi connectivity index (χ3n) is 2.55. The minimum Gasteiger partial charge on any atom is -0.465 e. The van der Waals surface area contributed by atoms with Crippen molar-refractivity contribution in [3.8, 4) is 0 Å². The lowest BCUT2D eigenvalue weighted by Crippen LogP contribution is -2.49. The molecule has 0 aliphatic carbocycles. The molecule has 0 aliphatic rings. The second kappa shape index (κ2) is 5.77. The highest BCUT2D eigenvalue weighted by atomic mass is 16.7. The third-order valence-corrected chi connectivity index (χ3v) is 2.55. The van der Waals surface area contributed by atoms with Crippen LogP contribution in [0.25, 0.3) is 0 Å². The fourth-order valence-electron chi connectivity index (χ4n) is 1.58. The molecule has 0 radical (unpaired) electrons. The number of aliphatic hydroxyl groups excluding tert-OH is 1. The van der Waals surface area contributed by atoms with Gasteiger partial charge in [0, 0.05) is 14.2 Å². The third kappa shape index (κ3) is 2.46. The first-order valence-electron chi connectivity index (χ1n) is 5.04. The van der Waals surface area contributed by atoms with Crippen molar-refractivity contribution in [2.24, 2.45) is 0 Å². The van der Waals surface area contributed by atoms with Gasteiger partial charge >= 0.3 is 5.97 Å². The Kier molecular flexibility index (Phi) is 4.62. The summed E-state index contributed by atoms with van der Waals surface area (Å²) in [4.78, 5) is 11.7. The SMILES string of the molecule is COC(=O)C(OC)(OC)[C@H](O)c1ccccc1. The summed E-state index contributed by atoms with van der Waals surface area (Å²) in [7, 11) is 3.74. The number of aliphatic hydroxyl groups is 1. The number of esters is 1. The number of hydrogen-bond donors (Lipinski definition) is 1. The molecule has 1 N–H and O–H groups in total. The smallest absolute Gasteiger partial charge is 0.369 e. The van der Waals surface area contributed by atoms with Gasteiger partial charge in [0.2, 0.25) is 0 Å². The zero-order valence-electron chi connectivity index (χ0n) is 10.0. The summed E-state index contributed by atoms with van der Waals surface area (Å²) in [5.74, 6) is -2.64. The quantitative estimate of drug-likeness (QED) is 0.611. The summed E-state index contributed by atoms with van der Waals surface area (Å²) in [5, 5.41) is 10.2. The Labute approximate surface area is 99.9 Å². The van der Waals surface area contributed by atoms with Crippen molar-refractivity contribution in [3.63, 3.8) is 0 Å². The van der Waals surface area contributed by atoms with E-state index in [4.69, 9.17) is 9.47 Å². The molecular weight excluding hydrogens is 224 g/mol. The van der Waals surface area contributed by atoms with Crippen LogP contribution >= 0.6 is 0 Å². The number of carbonyl (C=O) groups is 1. The van der Waals surface area contributed by atoms with Gasteiger partial charge in [0.1, 0.15) is 6.10 Å². The Morgan fingerprint density at radius 2 is 1.71 bits per heavy atom.